The van der Waals surface area contributed by atoms with Gasteiger partial charge in [0.15, 0.2) is 0 Å². The smallest absolute Gasteiger partial charge is 0.312 e. The number of para-hydroxylation sites is 1. The van der Waals surface area contributed by atoms with Crippen molar-refractivity contribution in [3.63, 3.8) is 0 Å². The van der Waals surface area contributed by atoms with Crippen LogP contribution in [0.1, 0.15) is 20.3 Å². The Morgan fingerprint density at radius 1 is 1.57 bits per heavy atom. The number of nitro groups is 1. The van der Waals surface area contributed by atoms with Gasteiger partial charge in [-0.25, -0.2) is 0 Å². The van der Waals surface area contributed by atoms with E-state index in [1.807, 2.05) is 6.92 Å². The number of nitrogens with two attached hydrogens (primary N) is 1. The molecule has 21 heavy (non-hydrogen) atoms. The highest BCUT2D eigenvalue weighted by molar-refractivity contribution is 9.10. The molecule has 1 atom stereocenters. The van der Waals surface area contributed by atoms with Crippen molar-refractivity contribution in [3.05, 3.63) is 32.8 Å². The lowest BCUT2D eigenvalue weighted by Crippen LogP contribution is -2.57. The number of carbonyl (C=O) groups is 1. The number of hydrogen-bond acceptors (Lipinski definition) is 5. The van der Waals surface area contributed by atoms with Crippen molar-refractivity contribution >= 4 is 27.5 Å². The molecule has 0 radical (unpaired) electrons. The van der Waals surface area contributed by atoms with Crippen molar-refractivity contribution in [2.24, 2.45) is 5.73 Å². The van der Waals surface area contributed by atoms with E-state index in [0.29, 0.717) is 11.0 Å². The van der Waals surface area contributed by atoms with Gasteiger partial charge in [0.05, 0.1) is 9.40 Å². The van der Waals surface area contributed by atoms with E-state index in [-0.39, 0.29) is 18.0 Å². The zero-order valence-electron chi connectivity index (χ0n) is 11.9. The summed E-state index contributed by atoms with van der Waals surface area (Å²) in [6.07, 6.45) is 0.818. The third-order valence-corrected chi connectivity index (χ3v) is 3.58. The monoisotopic (exact) mass is 359 g/mol. The molecule has 0 fully saturated rings. The number of carbonyl (C=O) groups excluding carboxylic acids is 1. The van der Waals surface area contributed by atoms with E-state index in [2.05, 4.69) is 21.2 Å². The molecule has 0 aliphatic rings. The van der Waals surface area contributed by atoms with Gasteiger partial charge in [-0.3, -0.25) is 14.9 Å². The summed E-state index contributed by atoms with van der Waals surface area (Å²) in [6, 6.07) is 4.50. The highest BCUT2D eigenvalue weighted by Crippen LogP contribution is 2.35. The molecule has 0 bridgehead atoms. The first-order valence-corrected chi connectivity index (χ1v) is 7.21. The van der Waals surface area contributed by atoms with Gasteiger partial charge in [-0.05, 0) is 41.9 Å². The molecule has 8 heteroatoms. The first kappa shape index (κ1) is 17.4. The topological polar surface area (TPSA) is 107 Å². The maximum absolute atomic E-state index is 11.6. The lowest BCUT2D eigenvalue weighted by molar-refractivity contribution is -0.386. The zero-order valence-corrected chi connectivity index (χ0v) is 13.5. The van der Waals surface area contributed by atoms with E-state index >= 15 is 0 Å². The summed E-state index contributed by atoms with van der Waals surface area (Å²) in [4.78, 5) is 22.0. The molecule has 1 amide bonds. The Bertz CT molecular complexity index is 538. The lowest BCUT2D eigenvalue weighted by atomic mass is 10.0. The third kappa shape index (κ3) is 4.40. The van der Waals surface area contributed by atoms with E-state index in [1.165, 1.54) is 12.1 Å². The molecule has 3 N–H and O–H groups in total. The number of hydrogen-bond donors (Lipinski definition) is 2. The van der Waals surface area contributed by atoms with E-state index in [0.717, 1.165) is 6.42 Å². The zero-order chi connectivity index (χ0) is 16.0. The van der Waals surface area contributed by atoms with Gasteiger partial charge in [-0.1, -0.05) is 13.0 Å². The second-order valence-corrected chi connectivity index (χ2v) is 5.61. The highest BCUT2D eigenvalue weighted by atomic mass is 79.9. The molecule has 0 saturated carbocycles. The summed E-state index contributed by atoms with van der Waals surface area (Å²) in [5.41, 5.74) is 4.11. The minimum atomic E-state index is -1.10. The van der Waals surface area contributed by atoms with Crippen molar-refractivity contribution in [1.82, 2.24) is 5.32 Å². The Kier molecular flexibility index (Phi) is 6.10. The van der Waals surface area contributed by atoms with E-state index in [4.69, 9.17) is 10.5 Å². The molecule has 7 nitrogen and oxygen atoms in total. The SMILES string of the molecule is CCCNC(C)(COc1c(Br)cccc1[N+](=O)[O-])C(N)=O. The standard InChI is InChI=1S/C13H18BrN3O4/c1-3-7-16-13(2,12(15)18)8-21-11-9(14)5-4-6-10(11)17(19)20/h4-6,16H,3,7-8H2,1-2H3,(H2,15,18). The van der Waals surface area contributed by atoms with Crippen LogP contribution in [0.15, 0.2) is 22.7 Å². The van der Waals surface area contributed by atoms with Crippen LogP contribution in [-0.4, -0.2) is 29.5 Å². The van der Waals surface area contributed by atoms with Gasteiger partial charge >= 0.3 is 5.69 Å². The molecule has 1 rings (SSSR count). The average Bonchev–Trinajstić information content (AvgIpc) is 2.43. The van der Waals surface area contributed by atoms with Crippen LogP contribution < -0.4 is 15.8 Å². The van der Waals surface area contributed by atoms with Gasteiger partial charge in [0.25, 0.3) is 0 Å². The van der Waals surface area contributed by atoms with Crippen LogP contribution in [0.4, 0.5) is 5.69 Å². The molecular weight excluding hydrogens is 342 g/mol. The number of amides is 1. The van der Waals surface area contributed by atoms with Gasteiger partial charge in [-0.2, -0.15) is 0 Å². The first-order chi connectivity index (χ1) is 9.81. The van der Waals surface area contributed by atoms with Gasteiger partial charge < -0.3 is 15.8 Å². The summed E-state index contributed by atoms with van der Waals surface area (Å²) in [5, 5.41) is 14.0. The van der Waals surface area contributed by atoms with Gasteiger partial charge in [0.1, 0.15) is 12.1 Å². The molecule has 0 saturated heterocycles. The Balaban J connectivity index is 2.95. The predicted molar refractivity (Wildman–Crippen MR) is 82.2 cm³/mol. The van der Waals surface area contributed by atoms with Crippen molar-refractivity contribution in [2.75, 3.05) is 13.2 Å². The number of nitrogens with zero attached hydrogens (tertiary/aromatic N) is 1. The highest BCUT2D eigenvalue weighted by Gasteiger charge is 2.32. The van der Waals surface area contributed by atoms with E-state index < -0.39 is 16.4 Å². The Morgan fingerprint density at radius 3 is 2.76 bits per heavy atom. The maximum atomic E-state index is 11.6. The minimum Gasteiger partial charge on any atom is -0.484 e. The normalized spacial score (nSPS) is 13.5. The van der Waals surface area contributed by atoms with E-state index in [9.17, 15) is 14.9 Å². The second-order valence-electron chi connectivity index (χ2n) is 4.76. The summed E-state index contributed by atoms with van der Waals surface area (Å²) in [7, 11) is 0. The van der Waals surface area contributed by atoms with Crippen LogP contribution in [0.5, 0.6) is 5.75 Å². The minimum absolute atomic E-state index is 0.0771. The molecule has 1 aromatic rings. The Labute approximate surface area is 131 Å². The van der Waals surface area contributed by atoms with Gasteiger partial charge in [-0.15, -0.1) is 0 Å². The Hall–Kier alpha value is -1.67. The number of rotatable bonds is 8. The first-order valence-electron chi connectivity index (χ1n) is 6.42. The molecule has 0 spiro atoms. The molecular formula is C13H18BrN3O4. The number of ether oxygens (including phenoxy) is 1. The molecule has 0 aliphatic carbocycles. The van der Waals surface area contributed by atoms with Crippen LogP contribution in [0.3, 0.4) is 0 Å². The number of primary amides is 1. The lowest BCUT2D eigenvalue weighted by Gasteiger charge is -2.27. The molecule has 116 valence electrons. The summed E-state index contributed by atoms with van der Waals surface area (Å²) >= 11 is 3.21. The van der Waals surface area contributed by atoms with Crippen LogP contribution in [0.2, 0.25) is 0 Å². The summed E-state index contributed by atoms with van der Waals surface area (Å²) < 4.78 is 5.94. The molecule has 0 aromatic heterocycles. The molecule has 0 aliphatic heterocycles. The Morgan fingerprint density at radius 2 is 2.24 bits per heavy atom. The molecule has 1 aromatic carbocycles. The average molecular weight is 360 g/mol. The van der Waals surface area contributed by atoms with Crippen molar-refractivity contribution < 1.29 is 14.5 Å². The fourth-order valence-electron chi connectivity index (χ4n) is 1.61. The fraction of sp³-hybridized carbons (Fsp3) is 0.462. The van der Waals surface area contributed by atoms with Crippen molar-refractivity contribution in [1.29, 1.82) is 0 Å². The molecule has 1 unspecified atom stereocenters. The van der Waals surface area contributed by atoms with Crippen LogP contribution >= 0.6 is 15.9 Å². The number of halogens is 1. The van der Waals surface area contributed by atoms with E-state index in [1.54, 1.807) is 13.0 Å². The number of nitro benzene ring substituents is 1. The quantitative estimate of drug-likeness (QED) is 0.544. The maximum Gasteiger partial charge on any atom is 0.312 e. The fourth-order valence-corrected chi connectivity index (χ4v) is 2.08. The van der Waals surface area contributed by atoms with Crippen LogP contribution in [0.25, 0.3) is 0 Å². The summed E-state index contributed by atoms with van der Waals surface area (Å²) in [6.45, 7) is 4.04. The largest absolute Gasteiger partial charge is 0.484 e. The summed E-state index contributed by atoms with van der Waals surface area (Å²) in [5.74, 6) is -0.501. The van der Waals surface area contributed by atoms with Crippen molar-refractivity contribution in [3.8, 4) is 5.75 Å². The number of benzene rings is 1. The second kappa shape index (κ2) is 7.37. The molecule has 0 heterocycles. The van der Waals surface area contributed by atoms with Crippen molar-refractivity contribution in [2.45, 2.75) is 25.8 Å². The van der Waals surface area contributed by atoms with Crippen LogP contribution in [-0.2, 0) is 4.79 Å². The van der Waals surface area contributed by atoms with Crippen LogP contribution in [0, 0.1) is 10.1 Å². The predicted octanol–water partition coefficient (Wildman–Crippen LogP) is 1.98. The number of nitrogens with one attached hydrogen (secondary N) is 1. The van der Waals surface area contributed by atoms with Gasteiger partial charge in [0, 0.05) is 6.07 Å². The van der Waals surface area contributed by atoms with Gasteiger partial charge in [0.2, 0.25) is 11.7 Å². The third-order valence-electron chi connectivity index (χ3n) is 2.96.